The molecular weight excluding hydrogens is 260 g/mol. The van der Waals surface area contributed by atoms with Gasteiger partial charge in [0.05, 0.1) is 12.6 Å². The molecule has 0 fully saturated rings. The van der Waals surface area contributed by atoms with Crippen LogP contribution >= 0.6 is 11.3 Å². The lowest BCUT2D eigenvalue weighted by Gasteiger charge is -2.26. The van der Waals surface area contributed by atoms with Gasteiger partial charge in [-0.2, -0.15) is 0 Å². The number of likely N-dealkylation sites (N-methyl/N-ethyl adjacent to an activating group) is 1. The molecule has 4 nitrogen and oxygen atoms in total. The zero-order chi connectivity index (χ0) is 14.6. The van der Waals surface area contributed by atoms with Gasteiger partial charge >= 0.3 is 6.03 Å². The number of carbonyl (C=O) groups excluding carboxylic acids is 1. The van der Waals surface area contributed by atoms with E-state index in [-0.39, 0.29) is 18.7 Å². The predicted molar refractivity (Wildman–Crippen MR) is 79.6 cm³/mol. The fourth-order valence-corrected chi connectivity index (χ4v) is 3.03. The maximum absolute atomic E-state index is 12.0. The third-order valence-corrected chi connectivity index (χ3v) is 4.12. The van der Waals surface area contributed by atoms with E-state index in [0.717, 1.165) is 0 Å². The molecule has 0 radical (unpaired) electrons. The van der Waals surface area contributed by atoms with E-state index in [1.807, 2.05) is 0 Å². The fourth-order valence-electron chi connectivity index (χ4n) is 2.06. The van der Waals surface area contributed by atoms with Gasteiger partial charge in [-0.25, -0.2) is 4.79 Å². The van der Waals surface area contributed by atoms with Crippen molar-refractivity contribution < 1.29 is 9.90 Å². The van der Waals surface area contributed by atoms with Gasteiger partial charge in [-0.15, -0.1) is 11.3 Å². The van der Waals surface area contributed by atoms with Crippen LogP contribution in [0.3, 0.4) is 0 Å². The third kappa shape index (κ3) is 4.21. The molecule has 0 aromatic carbocycles. The topological polar surface area (TPSA) is 52.6 Å². The van der Waals surface area contributed by atoms with Crippen molar-refractivity contribution in [1.82, 2.24) is 10.2 Å². The number of hydrogen-bond donors (Lipinski definition) is 2. The number of nitrogens with one attached hydrogen (secondary N) is 1. The van der Waals surface area contributed by atoms with E-state index in [2.05, 4.69) is 39.1 Å². The molecule has 1 aromatic heterocycles. The SMILES string of the molecule is Cc1cc([C@@H](NC(=O)N(C)CCO)C(C)C)c(C)s1. The lowest BCUT2D eigenvalue weighted by molar-refractivity contribution is 0.184. The molecule has 1 aromatic rings. The number of rotatable bonds is 5. The highest BCUT2D eigenvalue weighted by Crippen LogP contribution is 2.30. The van der Waals surface area contributed by atoms with E-state index >= 15 is 0 Å². The molecule has 0 aliphatic rings. The fraction of sp³-hybridized carbons (Fsp3) is 0.643. The van der Waals surface area contributed by atoms with E-state index in [4.69, 9.17) is 5.11 Å². The third-order valence-electron chi connectivity index (χ3n) is 3.14. The Kier molecular flexibility index (Phi) is 5.82. The van der Waals surface area contributed by atoms with Crippen molar-refractivity contribution in [3.8, 4) is 0 Å². The summed E-state index contributed by atoms with van der Waals surface area (Å²) in [5.74, 6) is 0.319. The largest absolute Gasteiger partial charge is 0.395 e. The first-order chi connectivity index (χ1) is 8.86. The molecule has 0 bridgehead atoms. The molecule has 0 aliphatic heterocycles. The minimum Gasteiger partial charge on any atom is -0.395 e. The van der Waals surface area contributed by atoms with Crippen LogP contribution in [0.25, 0.3) is 0 Å². The molecule has 0 aliphatic carbocycles. The van der Waals surface area contributed by atoms with Crippen LogP contribution in [-0.2, 0) is 0 Å². The Hall–Kier alpha value is -1.07. The van der Waals surface area contributed by atoms with Crippen LogP contribution in [0.1, 0.15) is 35.2 Å². The predicted octanol–water partition coefficient (Wildman–Crippen LogP) is 2.70. The van der Waals surface area contributed by atoms with E-state index < -0.39 is 0 Å². The highest BCUT2D eigenvalue weighted by molar-refractivity contribution is 7.12. The minimum absolute atomic E-state index is 0.0126. The summed E-state index contributed by atoms with van der Waals surface area (Å²) in [6.07, 6.45) is 0. The summed E-state index contributed by atoms with van der Waals surface area (Å²) < 4.78 is 0. The van der Waals surface area contributed by atoms with Crippen LogP contribution in [0, 0.1) is 19.8 Å². The van der Waals surface area contributed by atoms with Crippen LogP contribution in [0.5, 0.6) is 0 Å². The number of aliphatic hydroxyl groups is 1. The molecule has 1 atom stereocenters. The molecule has 0 saturated heterocycles. The van der Waals surface area contributed by atoms with Gasteiger partial charge in [0.25, 0.3) is 0 Å². The van der Waals surface area contributed by atoms with Crippen LogP contribution in [0.4, 0.5) is 4.79 Å². The lowest BCUT2D eigenvalue weighted by Crippen LogP contribution is -2.42. The van der Waals surface area contributed by atoms with E-state index in [1.165, 1.54) is 20.2 Å². The summed E-state index contributed by atoms with van der Waals surface area (Å²) in [6.45, 7) is 8.70. The smallest absolute Gasteiger partial charge is 0.317 e. The molecule has 19 heavy (non-hydrogen) atoms. The average molecular weight is 284 g/mol. The second kappa shape index (κ2) is 6.91. The molecule has 0 saturated carbocycles. The van der Waals surface area contributed by atoms with E-state index in [9.17, 15) is 4.79 Å². The number of amides is 2. The second-order valence-electron chi connectivity index (χ2n) is 5.18. The quantitative estimate of drug-likeness (QED) is 0.873. The van der Waals surface area contributed by atoms with Gasteiger partial charge in [-0.05, 0) is 31.4 Å². The van der Waals surface area contributed by atoms with Crippen LogP contribution in [0.2, 0.25) is 0 Å². The number of aryl methyl sites for hydroxylation is 2. The van der Waals surface area contributed by atoms with Crippen molar-refractivity contribution in [3.05, 3.63) is 21.4 Å². The molecule has 108 valence electrons. The summed E-state index contributed by atoms with van der Waals surface area (Å²) in [7, 11) is 1.69. The summed E-state index contributed by atoms with van der Waals surface area (Å²) in [5.41, 5.74) is 1.20. The number of carbonyl (C=O) groups is 1. The highest BCUT2D eigenvalue weighted by atomic mass is 32.1. The van der Waals surface area contributed by atoms with Crippen molar-refractivity contribution in [2.24, 2.45) is 5.92 Å². The molecule has 5 heteroatoms. The molecule has 1 heterocycles. The molecule has 2 N–H and O–H groups in total. The van der Waals surface area contributed by atoms with E-state index in [0.29, 0.717) is 12.5 Å². The maximum atomic E-state index is 12.0. The summed E-state index contributed by atoms with van der Waals surface area (Å²) >= 11 is 1.76. The Morgan fingerprint density at radius 1 is 1.47 bits per heavy atom. The van der Waals surface area contributed by atoms with Crippen molar-refractivity contribution in [1.29, 1.82) is 0 Å². The molecule has 2 amide bonds. The monoisotopic (exact) mass is 284 g/mol. The van der Waals surface area contributed by atoms with Crippen molar-refractivity contribution >= 4 is 17.4 Å². The number of urea groups is 1. The second-order valence-corrected chi connectivity index (χ2v) is 6.65. The van der Waals surface area contributed by atoms with Crippen molar-refractivity contribution in [3.63, 3.8) is 0 Å². The van der Waals surface area contributed by atoms with Crippen molar-refractivity contribution in [2.75, 3.05) is 20.2 Å². The Bertz CT molecular complexity index is 429. The molecular formula is C14H24N2O2S. The zero-order valence-electron chi connectivity index (χ0n) is 12.4. The van der Waals surface area contributed by atoms with Gasteiger partial charge in [0.2, 0.25) is 0 Å². The number of thiophene rings is 1. The maximum Gasteiger partial charge on any atom is 0.317 e. The standard InChI is InChI=1S/C14H24N2O2S/c1-9(2)13(12-8-10(3)19-11(12)4)15-14(18)16(5)6-7-17/h8-9,13,17H,6-7H2,1-5H3,(H,15,18)/t13-/m0/s1. The molecule has 0 spiro atoms. The van der Waals surface area contributed by atoms with Crippen LogP contribution in [-0.4, -0.2) is 36.2 Å². The highest BCUT2D eigenvalue weighted by Gasteiger charge is 2.22. The first-order valence-electron chi connectivity index (χ1n) is 6.56. The number of nitrogens with zero attached hydrogens (tertiary/aromatic N) is 1. The normalized spacial score (nSPS) is 12.6. The van der Waals surface area contributed by atoms with E-state index in [1.54, 1.807) is 18.4 Å². The van der Waals surface area contributed by atoms with Crippen LogP contribution < -0.4 is 5.32 Å². The Labute approximate surface area is 119 Å². The van der Waals surface area contributed by atoms with Gasteiger partial charge in [0.1, 0.15) is 0 Å². The summed E-state index contributed by atoms with van der Waals surface area (Å²) in [6, 6.07) is 2.02. The first kappa shape index (κ1) is 16.0. The van der Waals surface area contributed by atoms with Gasteiger partial charge in [-0.1, -0.05) is 13.8 Å². The Morgan fingerprint density at radius 2 is 2.11 bits per heavy atom. The molecule has 1 rings (SSSR count). The Morgan fingerprint density at radius 3 is 2.53 bits per heavy atom. The van der Waals surface area contributed by atoms with Gasteiger partial charge in [-0.3, -0.25) is 0 Å². The number of hydrogen-bond acceptors (Lipinski definition) is 3. The van der Waals surface area contributed by atoms with Crippen LogP contribution in [0.15, 0.2) is 6.07 Å². The zero-order valence-corrected chi connectivity index (χ0v) is 13.2. The lowest BCUT2D eigenvalue weighted by atomic mass is 9.96. The number of aliphatic hydroxyl groups excluding tert-OH is 1. The van der Waals surface area contributed by atoms with Crippen molar-refractivity contribution in [2.45, 2.75) is 33.7 Å². The first-order valence-corrected chi connectivity index (χ1v) is 7.37. The van der Waals surface area contributed by atoms with Gasteiger partial charge in [0, 0.05) is 23.3 Å². The Balaban J connectivity index is 2.85. The van der Waals surface area contributed by atoms with Gasteiger partial charge in [0.15, 0.2) is 0 Å². The summed E-state index contributed by atoms with van der Waals surface area (Å²) in [5, 5.41) is 11.9. The minimum atomic E-state index is -0.143. The average Bonchev–Trinajstić information content (AvgIpc) is 2.64. The summed E-state index contributed by atoms with van der Waals surface area (Å²) in [4.78, 5) is 16.1. The molecule has 0 unspecified atom stereocenters. The van der Waals surface area contributed by atoms with Gasteiger partial charge < -0.3 is 15.3 Å².